The molecule has 0 radical (unpaired) electrons. The Bertz CT molecular complexity index is 415. The third-order valence-electron chi connectivity index (χ3n) is 1.94. The summed E-state index contributed by atoms with van der Waals surface area (Å²) in [6.07, 6.45) is 1.44. The van der Waals surface area contributed by atoms with Crippen molar-refractivity contribution in [2.45, 2.75) is 11.9 Å². The molecule has 0 aliphatic carbocycles. The average Bonchev–Trinajstić information content (AvgIpc) is 2.61. The number of nitrogens with one attached hydrogen (secondary N) is 1. The van der Waals surface area contributed by atoms with E-state index in [4.69, 9.17) is 11.6 Å². The second-order valence-corrected chi connectivity index (χ2v) is 5.43. The first-order chi connectivity index (χ1) is 6.97. The summed E-state index contributed by atoms with van der Waals surface area (Å²) in [5, 5.41) is 3.96. The Hall–Kier alpha value is -0.590. The minimum Gasteiger partial charge on any atom is -0.256 e. The standard InChI is InChI=1S/C8H14ClN3O2S/c1-7(5-9)6-11-15(13,14)8-3-4-10-12(8)2/h3-4,7,11H,5-6H2,1-2H3. The molecule has 0 amide bonds. The van der Waals surface area contributed by atoms with Crippen LogP contribution in [-0.4, -0.2) is 30.6 Å². The molecule has 0 bridgehead atoms. The van der Waals surface area contributed by atoms with Crippen LogP contribution in [0.25, 0.3) is 0 Å². The van der Waals surface area contributed by atoms with Gasteiger partial charge in [-0.1, -0.05) is 6.92 Å². The number of halogens is 1. The number of hydrogen-bond donors (Lipinski definition) is 1. The Balaban J connectivity index is 2.73. The Labute approximate surface area is 94.5 Å². The zero-order valence-corrected chi connectivity index (χ0v) is 10.2. The molecule has 7 heteroatoms. The van der Waals surface area contributed by atoms with Crippen molar-refractivity contribution in [1.82, 2.24) is 14.5 Å². The summed E-state index contributed by atoms with van der Waals surface area (Å²) < 4.78 is 27.2. The summed E-state index contributed by atoms with van der Waals surface area (Å²) in [4.78, 5) is 0. The molecule has 1 heterocycles. The van der Waals surface area contributed by atoms with Gasteiger partial charge in [-0.25, -0.2) is 13.1 Å². The van der Waals surface area contributed by atoms with Crippen LogP contribution in [0.4, 0.5) is 0 Å². The van der Waals surface area contributed by atoms with Crippen LogP contribution in [0.5, 0.6) is 0 Å². The zero-order chi connectivity index (χ0) is 11.5. The Morgan fingerprint density at radius 3 is 2.80 bits per heavy atom. The molecule has 5 nitrogen and oxygen atoms in total. The van der Waals surface area contributed by atoms with Crippen molar-refractivity contribution in [3.05, 3.63) is 12.3 Å². The van der Waals surface area contributed by atoms with Gasteiger partial charge in [0.1, 0.15) is 0 Å². The fourth-order valence-electron chi connectivity index (χ4n) is 1.01. The van der Waals surface area contributed by atoms with Gasteiger partial charge in [0.2, 0.25) is 0 Å². The molecule has 1 aromatic heterocycles. The molecular weight excluding hydrogens is 238 g/mol. The van der Waals surface area contributed by atoms with Gasteiger partial charge in [-0.3, -0.25) is 4.68 Å². The topological polar surface area (TPSA) is 64.0 Å². The van der Waals surface area contributed by atoms with Crippen LogP contribution >= 0.6 is 11.6 Å². The summed E-state index contributed by atoms with van der Waals surface area (Å²) in [7, 11) is -1.88. The second-order valence-electron chi connectivity index (χ2n) is 3.40. The molecular formula is C8H14ClN3O2S. The van der Waals surface area contributed by atoms with Crippen molar-refractivity contribution < 1.29 is 8.42 Å². The molecule has 86 valence electrons. The van der Waals surface area contributed by atoms with E-state index in [1.165, 1.54) is 16.9 Å². The number of nitrogens with zero attached hydrogens (tertiary/aromatic N) is 2. The molecule has 1 rings (SSSR count). The normalized spacial score (nSPS) is 14.1. The minimum atomic E-state index is -3.46. The lowest BCUT2D eigenvalue weighted by atomic mass is 10.2. The number of aryl methyl sites for hydroxylation is 1. The maximum absolute atomic E-state index is 11.7. The second kappa shape index (κ2) is 4.96. The van der Waals surface area contributed by atoms with Crippen molar-refractivity contribution in [1.29, 1.82) is 0 Å². The number of rotatable bonds is 5. The largest absolute Gasteiger partial charge is 0.257 e. The van der Waals surface area contributed by atoms with E-state index in [9.17, 15) is 8.42 Å². The maximum atomic E-state index is 11.7. The fourth-order valence-corrected chi connectivity index (χ4v) is 2.40. The fraction of sp³-hybridized carbons (Fsp3) is 0.625. The van der Waals surface area contributed by atoms with Gasteiger partial charge in [0.15, 0.2) is 5.03 Å². The predicted octanol–water partition coefficient (Wildman–Crippen LogP) is 0.573. The van der Waals surface area contributed by atoms with E-state index in [1.807, 2.05) is 6.92 Å². The molecule has 0 aliphatic heterocycles. The first-order valence-electron chi connectivity index (χ1n) is 4.51. The Kier molecular flexibility index (Phi) is 4.12. The van der Waals surface area contributed by atoms with Crippen LogP contribution in [0.3, 0.4) is 0 Å². The first-order valence-corrected chi connectivity index (χ1v) is 6.52. The lowest BCUT2D eigenvalue weighted by Gasteiger charge is -2.09. The first kappa shape index (κ1) is 12.5. The molecule has 0 fully saturated rings. The predicted molar refractivity (Wildman–Crippen MR) is 58.3 cm³/mol. The smallest absolute Gasteiger partial charge is 0.256 e. The monoisotopic (exact) mass is 251 g/mol. The van der Waals surface area contributed by atoms with Crippen molar-refractivity contribution in [2.24, 2.45) is 13.0 Å². The lowest BCUT2D eigenvalue weighted by molar-refractivity contribution is 0.547. The van der Waals surface area contributed by atoms with E-state index in [1.54, 1.807) is 7.05 Å². The summed E-state index contributed by atoms with van der Waals surface area (Å²) in [6, 6.07) is 1.45. The van der Waals surface area contributed by atoms with Crippen LogP contribution in [0.1, 0.15) is 6.92 Å². The van der Waals surface area contributed by atoms with Gasteiger partial charge in [0.05, 0.1) is 6.20 Å². The molecule has 0 saturated heterocycles. The van der Waals surface area contributed by atoms with Crippen LogP contribution in [-0.2, 0) is 17.1 Å². The number of hydrogen-bond acceptors (Lipinski definition) is 3. The molecule has 1 atom stereocenters. The highest BCUT2D eigenvalue weighted by molar-refractivity contribution is 7.89. The maximum Gasteiger partial charge on any atom is 0.257 e. The van der Waals surface area contributed by atoms with Gasteiger partial charge in [0.25, 0.3) is 10.0 Å². The van der Waals surface area contributed by atoms with E-state index in [-0.39, 0.29) is 10.9 Å². The van der Waals surface area contributed by atoms with E-state index in [2.05, 4.69) is 9.82 Å². The van der Waals surface area contributed by atoms with Crippen LogP contribution in [0, 0.1) is 5.92 Å². The number of alkyl halides is 1. The molecule has 0 aromatic carbocycles. The van der Waals surface area contributed by atoms with Gasteiger partial charge >= 0.3 is 0 Å². The van der Waals surface area contributed by atoms with Crippen LogP contribution in [0.15, 0.2) is 17.3 Å². The summed E-state index contributed by atoms with van der Waals surface area (Å²) in [6.45, 7) is 2.20. The highest BCUT2D eigenvalue weighted by Crippen LogP contribution is 2.06. The molecule has 15 heavy (non-hydrogen) atoms. The van der Waals surface area contributed by atoms with E-state index < -0.39 is 10.0 Å². The van der Waals surface area contributed by atoms with Crippen molar-refractivity contribution >= 4 is 21.6 Å². The highest BCUT2D eigenvalue weighted by atomic mass is 35.5. The number of aromatic nitrogens is 2. The SMILES string of the molecule is CC(CCl)CNS(=O)(=O)c1ccnn1C. The summed E-state index contributed by atoms with van der Waals surface area (Å²) >= 11 is 5.58. The lowest BCUT2D eigenvalue weighted by Crippen LogP contribution is -2.30. The van der Waals surface area contributed by atoms with Crippen molar-refractivity contribution in [3.63, 3.8) is 0 Å². The third-order valence-corrected chi connectivity index (χ3v) is 3.96. The van der Waals surface area contributed by atoms with Gasteiger partial charge < -0.3 is 0 Å². The van der Waals surface area contributed by atoms with Crippen LogP contribution in [0.2, 0.25) is 0 Å². The van der Waals surface area contributed by atoms with E-state index in [0.717, 1.165) is 0 Å². The van der Waals surface area contributed by atoms with Gasteiger partial charge in [-0.15, -0.1) is 11.6 Å². The molecule has 1 unspecified atom stereocenters. The Morgan fingerprint density at radius 1 is 1.67 bits per heavy atom. The van der Waals surface area contributed by atoms with Gasteiger partial charge in [-0.05, 0) is 12.0 Å². The molecule has 0 saturated carbocycles. The molecule has 0 spiro atoms. The molecule has 1 N–H and O–H groups in total. The summed E-state index contributed by atoms with van der Waals surface area (Å²) in [5.41, 5.74) is 0. The number of sulfonamides is 1. The van der Waals surface area contributed by atoms with Crippen LogP contribution < -0.4 is 4.72 Å². The van der Waals surface area contributed by atoms with Crippen molar-refractivity contribution in [2.75, 3.05) is 12.4 Å². The minimum absolute atomic E-state index is 0.106. The highest BCUT2D eigenvalue weighted by Gasteiger charge is 2.18. The van der Waals surface area contributed by atoms with Crippen molar-refractivity contribution in [3.8, 4) is 0 Å². The quantitative estimate of drug-likeness (QED) is 0.779. The van der Waals surface area contributed by atoms with Gasteiger partial charge in [0, 0.05) is 19.5 Å². The average molecular weight is 252 g/mol. The van der Waals surface area contributed by atoms with E-state index >= 15 is 0 Å². The third kappa shape index (κ3) is 3.19. The summed E-state index contributed by atoms with van der Waals surface area (Å²) in [5.74, 6) is 0.531. The van der Waals surface area contributed by atoms with Gasteiger partial charge in [-0.2, -0.15) is 5.10 Å². The zero-order valence-electron chi connectivity index (χ0n) is 8.64. The Morgan fingerprint density at radius 2 is 2.33 bits per heavy atom. The van der Waals surface area contributed by atoms with E-state index in [0.29, 0.717) is 12.4 Å². The molecule has 1 aromatic rings. The molecule has 0 aliphatic rings.